The van der Waals surface area contributed by atoms with Gasteiger partial charge in [-0.25, -0.2) is 0 Å². The van der Waals surface area contributed by atoms with Gasteiger partial charge in [-0.05, 0) is 168 Å². The van der Waals surface area contributed by atoms with E-state index in [2.05, 4.69) is 266 Å². The minimum Gasteiger partial charge on any atom is -0.310 e. The first-order valence-corrected chi connectivity index (χ1v) is 25.2. The van der Waals surface area contributed by atoms with Crippen molar-refractivity contribution in [3.63, 3.8) is 0 Å². The Morgan fingerprint density at radius 1 is 0.208 bits per heavy atom. The number of nitrogens with zero attached hydrogens (tertiary/aromatic N) is 1. The molecule has 2 aliphatic rings. The highest BCUT2D eigenvalue weighted by molar-refractivity contribution is 6.26. The summed E-state index contributed by atoms with van der Waals surface area (Å²) in [5, 5.41) is 17.4. The van der Waals surface area contributed by atoms with Gasteiger partial charge in [-0.15, -0.1) is 0 Å². The Kier molecular flexibility index (Phi) is 8.16. The van der Waals surface area contributed by atoms with Crippen molar-refractivity contribution in [2.45, 2.75) is 5.41 Å². The lowest BCUT2D eigenvalue weighted by Gasteiger charge is -2.33. The third-order valence-corrected chi connectivity index (χ3v) is 16.4. The van der Waals surface area contributed by atoms with E-state index in [4.69, 9.17) is 0 Å². The molecule has 0 saturated carbocycles. The zero-order valence-electron chi connectivity index (χ0n) is 39.3. The predicted molar refractivity (Wildman–Crippen MR) is 305 cm³/mol. The van der Waals surface area contributed by atoms with Crippen LogP contribution in [0.5, 0.6) is 0 Å². The number of fused-ring (bicyclic) bond motifs is 22. The summed E-state index contributed by atoms with van der Waals surface area (Å²) in [4.78, 5) is 2.59. The minimum atomic E-state index is -0.540. The molecule has 0 fully saturated rings. The van der Waals surface area contributed by atoms with Crippen molar-refractivity contribution in [3.8, 4) is 33.4 Å². The highest BCUT2D eigenvalue weighted by atomic mass is 15.1. The lowest BCUT2D eigenvalue weighted by molar-refractivity contribution is 0.794. The Hall–Kier alpha value is -9.30. The third-order valence-electron chi connectivity index (χ3n) is 16.4. The van der Waals surface area contributed by atoms with Crippen molar-refractivity contribution in [1.29, 1.82) is 0 Å². The van der Waals surface area contributed by atoms with E-state index >= 15 is 0 Å². The quantitative estimate of drug-likeness (QED) is 0.159. The molecule has 1 nitrogen and oxygen atoms in total. The molecule has 0 radical (unpaired) electrons. The molecule has 0 heterocycles. The number of anilines is 3. The monoisotopic (exact) mass is 909 g/mol. The molecule has 0 saturated heterocycles. The first-order valence-electron chi connectivity index (χ1n) is 25.2. The maximum absolute atomic E-state index is 2.60. The van der Waals surface area contributed by atoms with Gasteiger partial charge in [-0.2, -0.15) is 0 Å². The first kappa shape index (κ1) is 39.5. The van der Waals surface area contributed by atoms with E-state index < -0.39 is 5.41 Å². The van der Waals surface area contributed by atoms with Gasteiger partial charge in [-0.1, -0.05) is 218 Å². The van der Waals surface area contributed by atoms with Gasteiger partial charge in [0.2, 0.25) is 0 Å². The summed E-state index contributed by atoms with van der Waals surface area (Å²) < 4.78 is 0. The van der Waals surface area contributed by atoms with Crippen LogP contribution in [0.15, 0.2) is 261 Å². The predicted octanol–water partition coefficient (Wildman–Crippen LogP) is 19.2. The van der Waals surface area contributed by atoms with Crippen molar-refractivity contribution in [2.24, 2.45) is 0 Å². The number of hydrogen-bond acceptors (Lipinski definition) is 1. The molecule has 14 aromatic carbocycles. The van der Waals surface area contributed by atoms with Gasteiger partial charge in [0.25, 0.3) is 0 Å². The van der Waals surface area contributed by atoms with Crippen LogP contribution in [0, 0.1) is 0 Å². The molecule has 332 valence electrons. The molecule has 0 N–H and O–H groups in total. The van der Waals surface area contributed by atoms with Crippen LogP contribution in [0.2, 0.25) is 0 Å². The van der Waals surface area contributed by atoms with Gasteiger partial charge < -0.3 is 4.90 Å². The Bertz CT molecular complexity index is 4570. The van der Waals surface area contributed by atoms with Crippen molar-refractivity contribution in [2.75, 3.05) is 4.90 Å². The van der Waals surface area contributed by atoms with Gasteiger partial charge in [0.15, 0.2) is 0 Å². The van der Waals surface area contributed by atoms with E-state index in [1.54, 1.807) is 0 Å². The second-order valence-corrected chi connectivity index (χ2v) is 19.8. The number of rotatable bonds is 4. The summed E-state index contributed by atoms with van der Waals surface area (Å²) in [5.41, 5.74) is 15.6. The molecule has 1 heteroatoms. The molecule has 0 unspecified atom stereocenters. The largest absolute Gasteiger partial charge is 0.310 e. The van der Waals surface area contributed by atoms with Crippen LogP contribution in [-0.4, -0.2) is 0 Å². The molecule has 1 spiro atoms. The smallest absolute Gasteiger partial charge is 0.0726 e. The topological polar surface area (TPSA) is 3.24 Å². The Labute approximate surface area is 417 Å². The maximum Gasteiger partial charge on any atom is 0.0726 e. The van der Waals surface area contributed by atoms with Gasteiger partial charge in [0.1, 0.15) is 0 Å². The summed E-state index contributed by atoms with van der Waals surface area (Å²) in [5.74, 6) is 0. The fourth-order valence-corrected chi connectivity index (χ4v) is 13.4. The highest BCUT2D eigenvalue weighted by Gasteiger charge is 2.52. The SMILES string of the molecule is c1ccc2c(c1)-c1ccccc1C21c2ccccc2-c2cc(-c3cc4ccccc4c4ccccc34)c(N(c3ccc4ccc5ccccc5c4c3)c3ccc4c5ccccc5c5ccccc5c4c3)cc21. The molecule has 0 atom stereocenters. The zero-order valence-corrected chi connectivity index (χ0v) is 39.3. The van der Waals surface area contributed by atoms with E-state index in [1.165, 1.54) is 131 Å². The molecule has 2 aliphatic carbocycles. The van der Waals surface area contributed by atoms with E-state index in [9.17, 15) is 0 Å². The molecule has 0 bridgehead atoms. The average molecular weight is 910 g/mol. The Morgan fingerprint density at radius 2 is 0.611 bits per heavy atom. The van der Waals surface area contributed by atoms with Crippen LogP contribution in [0.3, 0.4) is 0 Å². The minimum absolute atomic E-state index is 0.540. The number of hydrogen-bond donors (Lipinski definition) is 0. The zero-order chi connectivity index (χ0) is 47.1. The summed E-state index contributed by atoms with van der Waals surface area (Å²) >= 11 is 0. The normalized spacial score (nSPS) is 13.1. The van der Waals surface area contributed by atoms with Gasteiger partial charge in [0, 0.05) is 16.9 Å². The molecule has 14 aromatic rings. The average Bonchev–Trinajstić information content (AvgIpc) is 3.91. The summed E-state index contributed by atoms with van der Waals surface area (Å²) in [6.45, 7) is 0. The van der Waals surface area contributed by atoms with Gasteiger partial charge in [-0.3, -0.25) is 0 Å². The Morgan fingerprint density at radius 3 is 1.22 bits per heavy atom. The Balaban J connectivity index is 1.09. The second kappa shape index (κ2) is 14.9. The molecule has 0 aliphatic heterocycles. The molecular weight excluding hydrogens is 867 g/mol. The number of benzene rings is 14. The van der Waals surface area contributed by atoms with Crippen LogP contribution in [0.1, 0.15) is 22.3 Å². The van der Waals surface area contributed by atoms with E-state index in [0.717, 1.165) is 17.1 Å². The fraction of sp³-hybridized carbons (Fsp3) is 0.0141. The first-order chi connectivity index (χ1) is 35.7. The lowest BCUT2D eigenvalue weighted by Crippen LogP contribution is -2.26. The van der Waals surface area contributed by atoms with Crippen LogP contribution in [0.25, 0.3) is 109 Å². The van der Waals surface area contributed by atoms with Crippen LogP contribution < -0.4 is 4.90 Å². The second-order valence-electron chi connectivity index (χ2n) is 19.8. The molecule has 16 rings (SSSR count). The van der Waals surface area contributed by atoms with E-state index in [-0.39, 0.29) is 0 Å². The molecule has 0 amide bonds. The van der Waals surface area contributed by atoms with Crippen molar-refractivity contribution in [1.82, 2.24) is 0 Å². The van der Waals surface area contributed by atoms with Gasteiger partial charge in [0.05, 0.1) is 11.1 Å². The molecular formula is C71H43N. The third kappa shape index (κ3) is 5.32. The maximum atomic E-state index is 2.60. The van der Waals surface area contributed by atoms with E-state index in [0.29, 0.717) is 0 Å². The lowest BCUT2D eigenvalue weighted by atomic mass is 9.70. The fourth-order valence-electron chi connectivity index (χ4n) is 13.4. The van der Waals surface area contributed by atoms with Crippen LogP contribution in [-0.2, 0) is 5.41 Å². The summed E-state index contributed by atoms with van der Waals surface area (Å²) in [6, 6.07) is 98.6. The van der Waals surface area contributed by atoms with Crippen molar-refractivity contribution < 1.29 is 0 Å². The highest BCUT2D eigenvalue weighted by Crippen LogP contribution is 2.64. The summed E-state index contributed by atoms with van der Waals surface area (Å²) in [7, 11) is 0. The summed E-state index contributed by atoms with van der Waals surface area (Å²) in [6.07, 6.45) is 0. The molecule has 72 heavy (non-hydrogen) atoms. The standard InChI is InChI=1S/C71H43N/c1-3-19-49-44(17-1)33-34-45-35-36-47(40-61(45)49)72(48-37-38-57-54-24-7-6-22-52(54)53-23-8-10-26-56(53)63(57)41-48)70-43-69-64(42-65(70)62-39-46-18-2-4-20-50(46)51-21-5-9-25-55(51)62)60-29-13-16-32-68(60)71(69)66-30-14-11-27-58(66)59-28-12-15-31-67(59)71/h1-43H. The van der Waals surface area contributed by atoms with Crippen LogP contribution in [0.4, 0.5) is 17.1 Å². The molecule has 0 aromatic heterocycles. The van der Waals surface area contributed by atoms with Crippen molar-refractivity contribution in [3.05, 3.63) is 283 Å². The van der Waals surface area contributed by atoms with E-state index in [1.807, 2.05) is 0 Å². The van der Waals surface area contributed by atoms with Gasteiger partial charge >= 0.3 is 0 Å². The van der Waals surface area contributed by atoms with Crippen LogP contribution >= 0.6 is 0 Å². The van der Waals surface area contributed by atoms with Crippen molar-refractivity contribution >= 4 is 92.5 Å².